The first-order valence-corrected chi connectivity index (χ1v) is 13.9. The number of aromatic nitrogens is 2. The Morgan fingerprint density at radius 2 is 2.00 bits per heavy atom. The Kier molecular flexibility index (Phi) is 14.4. The second-order valence-electron chi connectivity index (χ2n) is 10.8. The quantitative estimate of drug-likeness (QED) is 0.264. The fourth-order valence-electron chi connectivity index (χ4n) is 3.75. The Morgan fingerprint density at radius 3 is 2.41 bits per heavy atom. The van der Waals surface area contributed by atoms with Gasteiger partial charge in [0.05, 0.1) is 17.9 Å². The molecule has 3 atom stereocenters. The number of hydrogen-bond acceptors (Lipinski definition) is 4. The van der Waals surface area contributed by atoms with Gasteiger partial charge in [0.2, 0.25) is 5.91 Å². The second-order valence-corrected chi connectivity index (χ2v) is 10.8. The van der Waals surface area contributed by atoms with Gasteiger partial charge < -0.3 is 21.0 Å². The molecule has 7 nitrogen and oxygen atoms in total. The molecule has 8 heteroatoms. The normalized spacial score (nSPS) is 19.7. The molecule has 3 rings (SSSR count). The van der Waals surface area contributed by atoms with Gasteiger partial charge in [0, 0.05) is 18.7 Å². The van der Waals surface area contributed by atoms with Crippen LogP contribution in [0.2, 0.25) is 0 Å². The molecule has 1 aliphatic heterocycles. The van der Waals surface area contributed by atoms with E-state index in [9.17, 15) is 14.0 Å². The maximum Gasteiger partial charge on any atom is 0.258 e. The van der Waals surface area contributed by atoms with Gasteiger partial charge in [-0.1, -0.05) is 52.5 Å². The van der Waals surface area contributed by atoms with Crippen LogP contribution in [0.5, 0.6) is 0 Å². The van der Waals surface area contributed by atoms with Crippen molar-refractivity contribution < 1.29 is 14.0 Å². The number of hydrogen-bond donors (Lipinski definition) is 4. The zero-order valence-corrected chi connectivity index (χ0v) is 24.1. The van der Waals surface area contributed by atoms with Gasteiger partial charge >= 0.3 is 0 Å². The van der Waals surface area contributed by atoms with Crippen molar-refractivity contribution in [2.75, 3.05) is 6.54 Å². The van der Waals surface area contributed by atoms with Crippen LogP contribution in [0.25, 0.3) is 0 Å². The summed E-state index contributed by atoms with van der Waals surface area (Å²) in [5.41, 5.74) is 1.17. The van der Waals surface area contributed by atoms with Gasteiger partial charge in [-0.2, -0.15) is 0 Å². The van der Waals surface area contributed by atoms with Crippen LogP contribution in [0.3, 0.4) is 0 Å². The highest BCUT2D eigenvalue weighted by molar-refractivity contribution is 5.90. The fourth-order valence-corrected chi connectivity index (χ4v) is 3.75. The SMILES string of the molecule is CC/C(C)=C\C(C)=N.CC1CCC(=O)NC1.CCC(C)CCCC(NC(=O)C1(F)CC1)c1cnc(C)[nH]1. The second kappa shape index (κ2) is 16.4. The van der Waals surface area contributed by atoms with Crippen LogP contribution in [0.15, 0.2) is 17.8 Å². The van der Waals surface area contributed by atoms with E-state index in [1.807, 2.05) is 19.9 Å². The minimum Gasteiger partial charge on any atom is -0.356 e. The Labute approximate surface area is 223 Å². The standard InChI is InChI=1S/C16H26FN3O.C7H13N.C6H11NO/c1-4-11(2)6-5-7-13(14-10-18-12(3)19-14)20-15(21)16(17)8-9-16;1-4-6(2)5-7(3)8;1-5-2-3-6(8)7-4-5/h10-11,13H,4-9H2,1-3H3,(H,18,19)(H,20,21);5,8H,4H2,1-3H3;5H,2-4H2,1H3,(H,7,8)/b;6-5-,8-7?;. The van der Waals surface area contributed by atoms with Crippen molar-refractivity contribution in [3.63, 3.8) is 0 Å². The molecule has 2 aliphatic rings. The Balaban J connectivity index is 0.000000350. The van der Waals surface area contributed by atoms with E-state index in [4.69, 9.17) is 5.41 Å². The van der Waals surface area contributed by atoms with Crippen LogP contribution in [0, 0.1) is 24.2 Å². The van der Waals surface area contributed by atoms with E-state index < -0.39 is 11.6 Å². The molecule has 1 saturated heterocycles. The number of nitrogens with one attached hydrogen (secondary N) is 4. The molecular formula is C29H50FN5O2. The molecule has 1 aromatic rings. The summed E-state index contributed by atoms with van der Waals surface area (Å²) in [6.07, 6.45) is 11.3. The zero-order valence-electron chi connectivity index (χ0n) is 24.1. The minimum atomic E-state index is -1.62. The molecule has 3 unspecified atom stereocenters. The first-order chi connectivity index (χ1) is 17.4. The zero-order chi connectivity index (χ0) is 28.0. The molecule has 2 fully saturated rings. The highest BCUT2D eigenvalue weighted by atomic mass is 19.1. The van der Waals surface area contributed by atoms with E-state index in [0.717, 1.165) is 63.0 Å². The van der Waals surface area contributed by atoms with Gasteiger partial charge in [-0.15, -0.1) is 0 Å². The number of amides is 2. The van der Waals surface area contributed by atoms with Gasteiger partial charge in [0.1, 0.15) is 5.82 Å². The van der Waals surface area contributed by atoms with E-state index in [1.165, 1.54) is 5.57 Å². The van der Waals surface area contributed by atoms with Crippen LogP contribution >= 0.6 is 0 Å². The summed E-state index contributed by atoms with van der Waals surface area (Å²) < 4.78 is 13.8. The van der Waals surface area contributed by atoms with E-state index in [0.29, 0.717) is 30.4 Å². The van der Waals surface area contributed by atoms with Gasteiger partial charge in [-0.05, 0) is 70.8 Å². The summed E-state index contributed by atoms with van der Waals surface area (Å²) in [7, 11) is 0. The number of nitrogens with zero attached hydrogens (tertiary/aromatic N) is 1. The van der Waals surface area contributed by atoms with Gasteiger partial charge in [0.15, 0.2) is 5.67 Å². The first-order valence-electron chi connectivity index (χ1n) is 13.9. The molecular weight excluding hydrogens is 469 g/mol. The van der Waals surface area contributed by atoms with Crippen molar-refractivity contribution in [2.45, 2.75) is 118 Å². The van der Waals surface area contributed by atoms with Crippen molar-refractivity contribution in [1.29, 1.82) is 5.41 Å². The van der Waals surface area contributed by atoms with Crippen molar-refractivity contribution >= 4 is 17.5 Å². The number of aryl methyl sites for hydroxylation is 1. The largest absolute Gasteiger partial charge is 0.356 e. The molecule has 0 aromatic carbocycles. The number of imidazole rings is 1. The van der Waals surface area contributed by atoms with E-state index in [2.05, 4.69) is 48.3 Å². The van der Waals surface area contributed by atoms with Gasteiger partial charge in [-0.25, -0.2) is 9.37 Å². The molecule has 4 N–H and O–H groups in total. The molecule has 210 valence electrons. The van der Waals surface area contributed by atoms with Crippen LogP contribution < -0.4 is 10.6 Å². The van der Waals surface area contributed by atoms with Crippen molar-refractivity contribution in [3.8, 4) is 0 Å². The summed E-state index contributed by atoms with van der Waals surface area (Å²) in [5.74, 6) is 1.92. The molecule has 1 aliphatic carbocycles. The lowest BCUT2D eigenvalue weighted by molar-refractivity contribution is -0.128. The van der Waals surface area contributed by atoms with Crippen LogP contribution in [-0.4, -0.2) is 39.7 Å². The van der Waals surface area contributed by atoms with E-state index >= 15 is 0 Å². The number of carbonyl (C=O) groups excluding carboxylic acids is 2. The number of rotatable bonds is 10. The molecule has 2 heterocycles. The highest BCUT2D eigenvalue weighted by Crippen LogP contribution is 2.40. The summed E-state index contributed by atoms with van der Waals surface area (Å²) in [4.78, 5) is 29.8. The minimum absolute atomic E-state index is 0.170. The number of halogens is 1. The summed E-state index contributed by atoms with van der Waals surface area (Å²) >= 11 is 0. The highest BCUT2D eigenvalue weighted by Gasteiger charge is 2.51. The predicted molar refractivity (Wildman–Crippen MR) is 149 cm³/mol. The Hall–Kier alpha value is -2.51. The third-order valence-electron chi connectivity index (χ3n) is 6.92. The maximum absolute atomic E-state index is 13.8. The van der Waals surface area contributed by atoms with Crippen LogP contribution in [0.1, 0.15) is 117 Å². The third kappa shape index (κ3) is 13.6. The van der Waals surface area contributed by atoms with E-state index in [1.54, 1.807) is 13.1 Å². The molecule has 37 heavy (non-hydrogen) atoms. The predicted octanol–water partition coefficient (Wildman–Crippen LogP) is 6.51. The van der Waals surface area contributed by atoms with Crippen LogP contribution in [-0.2, 0) is 9.59 Å². The summed E-state index contributed by atoms with van der Waals surface area (Å²) in [6, 6.07) is -0.170. The number of H-pyrrole nitrogens is 1. The van der Waals surface area contributed by atoms with Crippen LogP contribution in [0.4, 0.5) is 4.39 Å². The topological polar surface area (TPSA) is 111 Å². The average Bonchev–Trinajstić information content (AvgIpc) is 3.47. The molecule has 2 amide bonds. The fraction of sp³-hybridized carbons (Fsp3) is 0.724. The number of aromatic amines is 1. The number of alkyl halides is 1. The monoisotopic (exact) mass is 519 g/mol. The lowest BCUT2D eigenvalue weighted by atomic mass is 9.98. The summed E-state index contributed by atoms with van der Waals surface area (Å²) in [5, 5.41) is 12.7. The lowest BCUT2D eigenvalue weighted by Gasteiger charge is -2.19. The molecule has 0 spiro atoms. The van der Waals surface area contributed by atoms with E-state index in [-0.39, 0.29) is 11.9 Å². The number of carbonyl (C=O) groups is 2. The smallest absolute Gasteiger partial charge is 0.258 e. The summed E-state index contributed by atoms with van der Waals surface area (Å²) in [6.45, 7) is 15.2. The van der Waals surface area contributed by atoms with Gasteiger partial charge in [-0.3, -0.25) is 9.59 Å². The number of allylic oxidation sites excluding steroid dienone is 2. The average molecular weight is 520 g/mol. The molecule has 1 saturated carbocycles. The van der Waals surface area contributed by atoms with Crippen molar-refractivity contribution in [3.05, 3.63) is 29.4 Å². The van der Waals surface area contributed by atoms with Gasteiger partial charge in [0.25, 0.3) is 5.91 Å². The Morgan fingerprint density at radius 1 is 1.32 bits per heavy atom. The lowest BCUT2D eigenvalue weighted by Crippen LogP contribution is -2.36. The molecule has 0 radical (unpaired) electrons. The molecule has 1 aromatic heterocycles. The maximum atomic E-state index is 13.8. The van der Waals surface area contributed by atoms with Crippen molar-refractivity contribution in [2.24, 2.45) is 11.8 Å². The first kappa shape index (κ1) is 32.5. The Bertz CT molecular complexity index is 881. The third-order valence-corrected chi connectivity index (χ3v) is 6.92. The number of piperidine rings is 1. The molecule has 0 bridgehead atoms. The van der Waals surface area contributed by atoms with Crippen molar-refractivity contribution in [1.82, 2.24) is 20.6 Å².